The van der Waals surface area contributed by atoms with Gasteiger partial charge in [0.25, 0.3) is 0 Å². The van der Waals surface area contributed by atoms with Crippen LogP contribution in [0.1, 0.15) is 6.42 Å². The molecule has 2 atom stereocenters. The van der Waals surface area contributed by atoms with Crippen LogP contribution in [-0.4, -0.2) is 66.4 Å². The van der Waals surface area contributed by atoms with Crippen LogP contribution < -0.4 is 0 Å². The monoisotopic (exact) mass is 250 g/mol. The smallest absolute Gasteiger partial charge is 0.340 e. The van der Waals surface area contributed by atoms with Crippen LogP contribution in [0.5, 0.6) is 0 Å². The lowest BCUT2D eigenvalue weighted by Crippen LogP contribution is -2.49. The van der Waals surface area contributed by atoms with Gasteiger partial charge in [0.2, 0.25) is 0 Å². The van der Waals surface area contributed by atoms with Crippen molar-refractivity contribution in [2.75, 3.05) is 48.8 Å². The molecule has 0 saturated heterocycles. The molecule has 0 rings (SSSR count). The zero-order chi connectivity index (χ0) is 13.3. The number of hydrogen-bond donors (Lipinski definition) is 0. The van der Waals surface area contributed by atoms with Crippen molar-refractivity contribution in [1.82, 2.24) is 0 Å². The maximum Gasteiger partial charge on any atom is 0.340 e. The fourth-order valence-corrected chi connectivity index (χ4v) is 1.61. The summed E-state index contributed by atoms with van der Waals surface area (Å²) in [6, 6.07) is 0. The van der Waals surface area contributed by atoms with Gasteiger partial charge >= 0.3 is 5.97 Å². The lowest BCUT2D eigenvalue weighted by molar-refractivity contribution is -0.179. The van der Waals surface area contributed by atoms with Crippen LogP contribution in [0.3, 0.4) is 0 Å². The van der Waals surface area contributed by atoms with E-state index in [0.717, 1.165) is 0 Å². The van der Waals surface area contributed by atoms with Gasteiger partial charge in [0, 0.05) is 34.9 Å². The minimum atomic E-state index is -1.16. The van der Waals surface area contributed by atoms with Crippen LogP contribution in [0.15, 0.2) is 0 Å². The number of ether oxygens (including phenoxy) is 5. The highest BCUT2D eigenvalue weighted by molar-refractivity contribution is 5.79. The fourth-order valence-electron chi connectivity index (χ4n) is 1.61. The highest BCUT2D eigenvalue weighted by Crippen LogP contribution is 2.21. The Hall–Kier alpha value is -0.690. The predicted octanol–water partition coefficient (Wildman–Crippen LogP) is 0.243. The first kappa shape index (κ1) is 16.3. The molecule has 0 aliphatic carbocycles. The van der Waals surface area contributed by atoms with Crippen LogP contribution >= 0.6 is 0 Å². The van der Waals surface area contributed by atoms with Gasteiger partial charge in [-0.1, -0.05) is 0 Å². The van der Waals surface area contributed by atoms with Crippen LogP contribution in [0.2, 0.25) is 0 Å². The summed E-state index contributed by atoms with van der Waals surface area (Å²) in [6.07, 6.45) is 0.0307. The second-order valence-electron chi connectivity index (χ2n) is 3.64. The average molecular weight is 250 g/mol. The van der Waals surface area contributed by atoms with Crippen molar-refractivity contribution in [2.24, 2.45) is 0 Å². The summed E-state index contributed by atoms with van der Waals surface area (Å²) >= 11 is 0. The Morgan fingerprint density at radius 3 is 2.12 bits per heavy atom. The third-order valence-electron chi connectivity index (χ3n) is 2.57. The van der Waals surface area contributed by atoms with E-state index in [9.17, 15) is 4.79 Å². The molecule has 17 heavy (non-hydrogen) atoms. The Balaban J connectivity index is 4.81. The number of carbonyl (C=O) groups excluding carboxylic acids is 1. The summed E-state index contributed by atoms with van der Waals surface area (Å²) in [5.74, 6) is -0.486. The lowest BCUT2D eigenvalue weighted by atomic mass is 9.96. The molecule has 0 aromatic heterocycles. The maximum atomic E-state index is 11.8. The largest absolute Gasteiger partial charge is 0.467 e. The first-order valence-electron chi connectivity index (χ1n) is 5.24. The summed E-state index contributed by atoms with van der Waals surface area (Å²) in [5.41, 5.74) is -1.16. The Morgan fingerprint density at radius 1 is 1.12 bits per heavy atom. The molecule has 0 amide bonds. The summed E-state index contributed by atoms with van der Waals surface area (Å²) in [4.78, 5) is 11.8. The molecule has 0 fully saturated rings. The van der Waals surface area contributed by atoms with E-state index < -0.39 is 11.6 Å². The molecule has 0 unspecified atom stereocenters. The quantitative estimate of drug-likeness (QED) is 0.546. The van der Waals surface area contributed by atoms with E-state index in [1.54, 1.807) is 14.2 Å². The fraction of sp³-hybridized carbons (Fsp3) is 0.909. The summed E-state index contributed by atoms with van der Waals surface area (Å²) in [7, 11) is 7.36. The molecule has 0 radical (unpaired) electrons. The zero-order valence-electron chi connectivity index (χ0n) is 11.1. The van der Waals surface area contributed by atoms with E-state index in [4.69, 9.17) is 23.7 Å². The average Bonchev–Trinajstić information content (AvgIpc) is 2.36. The molecular weight excluding hydrogens is 228 g/mol. The van der Waals surface area contributed by atoms with E-state index in [2.05, 4.69) is 0 Å². The maximum absolute atomic E-state index is 11.8. The Labute approximate surface area is 102 Å². The molecule has 0 aromatic rings. The van der Waals surface area contributed by atoms with Gasteiger partial charge in [-0.15, -0.1) is 0 Å². The zero-order valence-corrected chi connectivity index (χ0v) is 11.1. The highest BCUT2D eigenvalue weighted by Gasteiger charge is 2.42. The minimum absolute atomic E-state index is 0.0970. The van der Waals surface area contributed by atoms with Crippen molar-refractivity contribution in [1.29, 1.82) is 0 Å². The molecule has 0 bridgehead atoms. The number of hydrogen-bond acceptors (Lipinski definition) is 6. The van der Waals surface area contributed by atoms with Gasteiger partial charge in [-0.3, -0.25) is 0 Å². The standard InChI is InChI=1S/C11H22O6/c1-13-7-9(15-3)6-11(17-5,8-14-2)10(12)16-4/h9H,6-8H2,1-5H3/t9-,11-/m0/s1. The SMILES string of the molecule is COC[C@H](C[C@@](COC)(OC)C(=O)OC)OC. The van der Waals surface area contributed by atoms with E-state index in [1.807, 2.05) is 0 Å². The van der Waals surface area contributed by atoms with Crippen LogP contribution in [0.25, 0.3) is 0 Å². The molecule has 0 N–H and O–H groups in total. The molecule has 0 spiro atoms. The summed E-state index contributed by atoms with van der Waals surface area (Å²) in [5, 5.41) is 0. The highest BCUT2D eigenvalue weighted by atomic mass is 16.6. The van der Waals surface area contributed by atoms with E-state index >= 15 is 0 Å². The molecule has 0 aliphatic heterocycles. The van der Waals surface area contributed by atoms with Crippen LogP contribution in [-0.2, 0) is 28.5 Å². The number of esters is 1. The number of methoxy groups -OCH3 is 5. The third-order valence-corrected chi connectivity index (χ3v) is 2.57. The third kappa shape index (κ3) is 4.59. The van der Waals surface area contributed by atoms with Crippen molar-refractivity contribution in [2.45, 2.75) is 18.1 Å². The molecule has 102 valence electrons. The Morgan fingerprint density at radius 2 is 1.76 bits per heavy atom. The van der Waals surface area contributed by atoms with Crippen molar-refractivity contribution < 1.29 is 28.5 Å². The number of rotatable bonds is 9. The van der Waals surface area contributed by atoms with Crippen LogP contribution in [0, 0.1) is 0 Å². The van der Waals surface area contributed by atoms with Gasteiger partial charge in [-0.2, -0.15) is 0 Å². The van der Waals surface area contributed by atoms with Crippen molar-refractivity contribution >= 4 is 5.97 Å². The van der Waals surface area contributed by atoms with Crippen LogP contribution in [0.4, 0.5) is 0 Å². The van der Waals surface area contributed by atoms with Gasteiger partial charge in [0.1, 0.15) is 0 Å². The molecule has 0 aromatic carbocycles. The van der Waals surface area contributed by atoms with Crippen molar-refractivity contribution in [3.63, 3.8) is 0 Å². The molecule has 0 saturated carbocycles. The lowest BCUT2D eigenvalue weighted by Gasteiger charge is -2.31. The minimum Gasteiger partial charge on any atom is -0.467 e. The Kier molecular flexibility index (Phi) is 8.07. The van der Waals surface area contributed by atoms with Gasteiger partial charge in [0.15, 0.2) is 5.60 Å². The topological polar surface area (TPSA) is 63.2 Å². The summed E-state index contributed by atoms with van der Waals surface area (Å²) in [6.45, 7) is 0.460. The predicted molar refractivity (Wildman–Crippen MR) is 60.9 cm³/mol. The first-order valence-corrected chi connectivity index (χ1v) is 5.24. The van der Waals surface area contributed by atoms with E-state index in [-0.39, 0.29) is 12.7 Å². The van der Waals surface area contributed by atoms with Crippen molar-refractivity contribution in [3.8, 4) is 0 Å². The summed E-state index contributed by atoms with van der Waals surface area (Å²) < 4.78 is 25.3. The van der Waals surface area contributed by atoms with Gasteiger partial charge in [-0.25, -0.2) is 4.79 Å². The Bertz CT molecular complexity index is 220. The molecule has 6 heteroatoms. The molecular formula is C11H22O6. The molecule has 6 nitrogen and oxygen atoms in total. The molecule has 0 aliphatic rings. The van der Waals surface area contributed by atoms with Crippen molar-refractivity contribution in [3.05, 3.63) is 0 Å². The first-order chi connectivity index (χ1) is 8.10. The van der Waals surface area contributed by atoms with Gasteiger partial charge < -0.3 is 23.7 Å². The van der Waals surface area contributed by atoms with Gasteiger partial charge in [0.05, 0.1) is 26.4 Å². The van der Waals surface area contributed by atoms with E-state index in [1.165, 1.54) is 21.3 Å². The van der Waals surface area contributed by atoms with E-state index in [0.29, 0.717) is 13.0 Å². The number of carbonyl (C=O) groups is 1. The molecule has 0 heterocycles. The second-order valence-corrected chi connectivity index (χ2v) is 3.64. The normalized spacial score (nSPS) is 16.3. The van der Waals surface area contributed by atoms with Gasteiger partial charge in [-0.05, 0) is 0 Å². The second kappa shape index (κ2) is 8.41.